The molecule has 1 aliphatic carbocycles. The fourth-order valence-electron chi connectivity index (χ4n) is 2.23. The van der Waals surface area contributed by atoms with Gasteiger partial charge in [-0.15, -0.1) is 12.4 Å². The summed E-state index contributed by atoms with van der Waals surface area (Å²) < 4.78 is 0. The van der Waals surface area contributed by atoms with Crippen molar-refractivity contribution >= 4 is 24.0 Å². The molecule has 0 unspecified atom stereocenters. The van der Waals surface area contributed by atoms with Crippen LogP contribution in [0.25, 0.3) is 0 Å². The SMILES string of the molecule is Cl.Nc1cccc(C(=O)NCC2CCCC2)c1. The first-order chi connectivity index (χ1) is 7.75. The minimum absolute atomic E-state index is 0. The van der Waals surface area contributed by atoms with Crippen molar-refractivity contribution in [2.75, 3.05) is 12.3 Å². The van der Waals surface area contributed by atoms with Crippen molar-refractivity contribution in [3.05, 3.63) is 29.8 Å². The molecule has 0 atom stereocenters. The van der Waals surface area contributed by atoms with Crippen LogP contribution in [0.4, 0.5) is 5.69 Å². The molecular formula is C13H19ClN2O. The second-order valence-electron chi connectivity index (χ2n) is 4.49. The van der Waals surface area contributed by atoms with Crippen LogP contribution >= 0.6 is 12.4 Å². The van der Waals surface area contributed by atoms with Gasteiger partial charge in [-0.3, -0.25) is 4.79 Å². The second kappa shape index (κ2) is 6.50. The lowest BCUT2D eigenvalue weighted by Crippen LogP contribution is -2.28. The maximum Gasteiger partial charge on any atom is 0.251 e. The van der Waals surface area contributed by atoms with Gasteiger partial charge in [0, 0.05) is 17.8 Å². The quantitative estimate of drug-likeness (QED) is 0.815. The highest BCUT2D eigenvalue weighted by molar-refractivity contribution is 5.94. The summed E-state index contributed by atoms with van der Waals surface area (Å²) in [5.41, 5.74) is 6.92. The van der Waals surface area contributed by atoms with Crippen molar-refractivity contribution in [2.45, 2.75) is 25.7 Å². The molecule has 94 valence electrons. The van der Waals surface area contributed by atoms with Crippen molar-refractivity contribution < 1.29 is 4.79 Å². The summed E-state index contributed by atoms with van der Waals surface area (Å²) in [5.74, 6) is 0.657. The highest BCUT2D eigenvalue weighted by Gasteiger charge is 2.16. The van der Waals surface area contributed by atoms with E-state index >= 15 is 0 Å². The molecule has 17 heavy (non-hydrogen) atoms. The van der Waals surface area contributed by atoms with Crippen molar-refractivity contribution in [1.82, 2.24) is 5.32 Å². The van der Waals surface area contributed by atoms with Crippen molar-refractivity contribution in [3.8, 4) is 0 Å². The van der Waals surface area contributed by atoms with Gasteiger partial charge >= 0.3 is 0 Å². The fraction of sp³-hybridized carbons (Fsp3) is 0.462. The molecule has 1 aliphatic rings. The van der Waals surface area contributed by atoms with Gasteiger partial charge in [0.15, 0.2) is 0 Å². The number of amides is 1. The number of anilines is 1. The third-order valence-electron chi connectivity index (χ3n) is 3.17. The van der Waals surface area contributed by atoms with Crippen LogP contribution in [0.1, 0.15) is 36.0 Å². The van der Waals surface area contributed by atoms with Crippen LogP contribution in [-0.4, -0.2) is 12.5 Å². The van der Waals surface area contributed by atoms with Crippen LogP contribution < -0.4 is 11.1 Å². The number of hydrogen-bond donors (Lipinski definition) is 2. The molecule has 0 aromatic heterocycles. The van der Waals surface area contributed by atoms with Gasteiger partial charge in [-0.1, -0.05) is 18.9 Å². The molecule has 1 saturated carbocycles. The van der Waals surface area contributed by atoms with E-state index in [9.17, 15) is 4.79 Å². The predicted molar refractivity (Wildman–Crippen MR) is 72.4 cm³/mol. The van der Waals surface area contributed by atoms with Gasteiger partial charge in [0.2, 0.25) is 0 Å². The Balaban J connectivity index is 0.00000144. The van der Waals surface area contributed by atoms with E-state index in [1.165, 1.54) is 25.7 Å². The minimum atomic E-state index is -0.0146. The van der Waals surface area contributed by atoms with Gasteiger partial charge in [0.25, 0.3) is 5.91 Å². The fourth-order valence-corrected chi connectivity index (χ4v) is 2.23. The van der Waals surface area contributed by atoms with E-state index in [2.05, 4.69) is 5.32 Å². The summed E-state index contributed by atoms with van der Waals surface area (Å²) in [6.45, 7) is 0.799. The highest BCUT2D eigenvalue weighted by Crippen LogP contribution is 2.23. The molecular weight excluding hydrogens is 236 g/mol. The third-order valence-corrected chi connectivity index (χ3v) is 3.17. The Labute approximate surface area is 108 Å². The number of halogens is 1. The van der Waals surface area contributed by atoms with E-state index in [1.54, 1.807) is 24.3 Å². The molecule has 0 spiro atoms. The molecule has 0 radical (unpaired) electrons. The minimum Gasteiger partial charge on any atom is -0.399 e. The number of rotatable bonds is 3. The monoisotopic (exact) mass is 254 g/mol. The number of hydrogen-bond acceptors (Lipinski definition) is 2. The molecule has 1 aromatic rings. The number of carbonyl (C=O) groups excluding carboxylic acids is 1. The number of benzene rings is 1. The topological polar surface area (TPSA) is 55.1 Å². The number of carbonyl (C=O) groups is 1. The molecule has 0 saturated heterocycles. The summed E-state index contributed by atoms with van der Waals surface area (Å²) in [4.78, 5) is 11.8. The predicted octanol–water partition coefficient (Wildman–Crippen LogP) is 2.61. The Kier molecular flexibility index (Phi) is 5.29. The number of nitrogens with two attached hydrogens (primary N) is 1. The standard InChI is InChI=1S/C13H18N2O.ClH/c14-12-7-3-6-11(8-12)13(16)15-9-10-4-1-2-5-10;/h3,6-8,10H,1-2,4-5,9,14H2,(H,15,16);1H. The zero-order chi connectivity index (χ0) is 11.4. The van der Waals surface area contributed by atoms with E-state index in [1.807, 2.05) is 0 Å². The van der Waals surface area contributed by atoms with Crippen LogP contribution in [0.5, 0.6) is 0 Å². The summed E-state index contributed by atoms with van der Waals surface area (Å²) in [7, 11) is 0. The third kappa shape index (κ3) is 3.93. The highest BCUT2D eigenvalue weighted by atomic mass is 35.5. The molecule has 0 bridgehead atoms. The first-order valence-corrected chi connectivity index (χ1v) is 5.89. The average Bonchev–Trinajstić information content (AvgIpc) is 2.78. The van der Waals surface area contributed by atoms with Crippen LogP contribution in [0, 0.1) is 5.92 Å². The Morgan fingerprint density at radius 1 is 1.35 bits per heavy atom. The van der Waals surface area contributed by atoms with E-state index in [-0.39, 0.29) is 18.3 Å². The molecule has 3 nitrogen and oxygen atoms in total. The Morgan fingerprint density at radius 3 is 2.71 bits per heavy atom. The van der Waals surface area contributed by atoms with Gasteiger partial charge in [0.1, 0.15) is 0 Å². The van der Waals surface area contributed by atoms with E-state index < -0.39 is 0 Å². The second-order valence-corrected chi connectivity index (χ2v) is 4.49. The lowest BCUT2D eigenvalue weighted by molar-refractivity contribution is 0.0947. The molecule has 1 aromatic carbocycles. The largest absolute Gasteiger partial charge is 0.399 e. The summed E-state index contributed by atoms with van der Waals surface area (Å²) in [6.07, 6.45) is 5.10. The molecule has 3 N–H and O–H groups in total. The van der Waals surface area contributed by atoms with Crippen LogP contribution in [-0.2, 0) is 0 Å². The van der Waals surface area contributed by atoms with Gasteiger partial charge in [-0.05, 0) is 37.0 Å². The van der Waals surface area contributed by atoms with Crippen LogP contribution in [0.2, 0.25) is 0 Å². The maximum atomic E-state index is 11.8. The molecule has 1 amide bonds. The van der Waals surface area contributed by atoms with E-state index in [0.717, 1.165) is 6.54 Å². The summed E-state index contributed by atoms with van der Waals surface area (Å²) in [5, 5.41) is 2.97. The molecule has 1 fully saturated rings. The lowest BCUT2D eigenvalue weighted by Gasteiger charge is -2.10. The zero-order valence-electron chi connectivity index (χ0n) is 9.82. The average molecular weight is 255 g/mol. The van der Waals surface area contributed by atoms with Crippen LogP contribution in [0.15, 0.2) is 24.3 Å². The zero-order valence-corrected chi connectivity index (χ0v) is 10.6. The first-order valence-electron chi connectivity index (χ1n) is 5.89. The van der Waals surface area contributed by atoms with Crippen molar-refractivity contribution in [2.24, 2.45) is 5.92 Å². The number of nitrogens with one attached hydrogen (secondary N) is 1. The van der Waals surface area contributed by atoms with Crippen LogP contribution in [0.3, 0.4) is 0 Å². The van der Waals surface area contributed by atoms with Gasteiger partial charge in [0.05, 0.1) is 0 Å². The summed E-state index contributed by atoms with van der Waals surface area (Å²) >= 11 is 0. The van der Waals surface area contributed by atoms with Gasteiger partial charge < -0.3 is 11.1 Å². The molecule has 2 rings (SSSR count). The lowest BCUT2D eigenvalue weighted by atomic mass is 10.1. The van der Waals surface area contributed by atoms with Gasteiger partial charge in [-0.2, -0.15) is 0 Å². The van der Waals surface area contributed by atoms with Crippen molar-refractivity contribution in [3.63, 3.8) is 0 Å². The first kappa shape index (κ1) is 13.8. The maximum absolute atomic E-state index is 11.8. The Bertz CT molecular complexity index is 375. The Morgan fingerprint density at radius 2 is 2.06 bits per heavy atom. The summed E-state index contributed by atoms with van der Waals surface area (Å²) in [6, 6.07) is 7.10. The number of nitrogen functional groups attached to an aromatic ring is 1. The van der Waals surface area contributed by atoms with Crippen molar-refractivity contribution in [1.29, 1.82) is 0 Å². The van der Waals surface area contributed by atoms with E-state index in [0.29, 0.717) is 17.2 Å². The Hall–Kier alpha value is -1.22. The molecule has 4 heteroatoms. The van der Waals surface area contributed by atoms with Gasteiger partial charge in [-0.25, -0.2) is 0 Å². The molecule has 0 heterocycles. The molecule has 0 aliphatic heterocycles. The normalized spacial score (nSPS) is 15.3. The van der Waals surface area contributed by atoms with E-state index in [4.69, 9.17) is 5.73 Å². The smallest absolute Gasteiger partial charge is 0.251 e.